The second kappa shape index (κ2) is 23.8. The molecule has 2 aromatic heterocycles. The van der Waals surface area contributed by atoms with Crippen molar-refractivity contribution in [1.29, 1.82) is 5.26 Å². The molecule has 0 amide bonds. The van der Waals surface area contributed by atoms with Crippen molar-refractivity contribution in [2.45, 2.75) is 116 Å². The number of rotatable bonds is 25. The van der Waals surface area contributed by atoms with E-state index in [1.54, 1.807) is 20.6 Å². The average molecular weight is 910 g/mol. The predicted octanol–water partition coefficient (Wildman–Crippen LogP) is 9.05. The van der Waals surface area contributed by atoms with E-state index in [4.69, 9.17) is 33.0 Å². The number of H-pyrrole nitrogens is 1. The van der Waals surface area contributed by atoms with Crippen LogP contribution in [0.3, 0.4) is 0 Å². The van der Waals surface area contributed by atoms with Crippen molar-refractivity contribution in [3.05, 3.63) is 106 Å². The lowest BCUT2D eigenvalue weighted by Crippen LogP contribution is -2.39. The minimum absolute atomic E-state index is 0.0420. The lowest BCUT2D eigenvalue weighted by atomic mass is 9.80. The molecule has 0 radical (unpaired) electrons. The zero-order valence-corrected chi connectivity index (χ0v) is 39.8. The molecule has 0 spiro atoms. The van der Waals surface area contributed by atoms with Crippen LogP contribution in [0, 0.1) is 11.3 Å². The number of nitrogens with one attached hydrogen (secondary N) is 1. The zero-order chi connectivity index (χ0) is 46.3. The quantitative estimate of drug-likeness (QED) is 0.0193. The molecule has 0 saturated carbocycles. The molecule has 17 heteroatoms. The monoisotopic (exact) mass is 909 g/mol. The summed E-state index contributed by atoms with van der Waals surface area (Å²) < 4.78 is 42.6. The van der Waals surface area contributed by atoms with Gasteiger partial charge in [-0.15, -0.1) is 5.10 Å². The maximum absolute atomic E-state index is 13.5. The van der Waals surface area contributed by atoms with E-state index in [0.717, 1.165) is 55.5 Å². The Morgan fingerprint density at radius 2 is 1.54 bits per heavy atom. The second-order valence-corrected chi connectivity index (χ2v) is 17.9. The third kappa shape index (κ3) is 12.0. The van der Waals surface area contributed by atoms with E-state index in [9.17, 15) is 10.1 Å². The zero-order valence-electron chi connectivity index (χ0n) is 38.9. The van der Waals surface area contributed by atoms with E-state index in [1.807, 2.05) is 78.9 Å². The first-order chi connectivity index (χ1) is 31.6. The Balaban J connectivity index is 1.43. The molecule has 1 unspecified atom stereocenters. The highest BCUT2D eigenvalue weighted by Crippen LogP contribution is 2.51. The van der Waals surface area contributed by atoms with Crippen molar-refractivity contribution in [3.8, 4) is 17.6 Å². The molecule has 16 nitrogen and oxygen atoms in total. The van der Waals surface area contributed by atoms with Crippen molar-refractivity contribution in [2.24, 2.45) is 4.99 Å². The Bertz CT molecular complexity index is 2290. The lowest BCUT2D eigenvalue weighted by molar-refractivity contribution is -0.0934. The summed E-state index contributed by atoms with van der Waals surface area (Å²) in [5.74, 6) is 1.55. The molecule has 3 heterocycles. The van der Waals surface area contributed by atoms with Gasteiger partial charge in [-0.2, -0.15) is 14.9 Å². The summed E-state index contributed by atoms with van der Waals surface area (Å²) in [6.07, 6.45) is 4.31. The minimum Gasteiger partial charge on any atom is -0.497 e. The normalized spacial score (nSPS) is 17.1. The topological polar surface area (TPSA) is 174 Å². The molecule has 4 atom stereocenters. The summed E-state index contributed by atoms with van der Waals surface area (Å²) in [7, 11) is 1.58. The fraction of sp³-hybridized carbons (Fsp3) is 0.500. The van der Waals surface area contributed by atoms with Crippen LogP contribution in [0.4, 0.5) is 5.95 Å². The number of benzene rings is 3. The molecule has 1 aliphatic rings. The van der Waals surface area contributed by atoms with Crippen LogP contribution in [-0.4, -0.2) is 106 Å². The van der Waals surface area contributed by atoms with Crippen molar-refractivity contribution in [3.63, 3.8) is 0 Å². The van der Waals surface area contributed by atoms with Crippen molar-refractivity contribution >= 4 is 32.0 Å². The van der Waals surface area contributed by atoms with Crippen LogP contribution in [0.15, 0.2) is 88.6 Å². The van der Waals surface area contributed by atoms with E-state index in [2.05, 4.69) is 77.5 Å². The van der Waals surface area contributed by atoms with E-state index >= 15 is 0 Å². The summed E-state index contributed by atoms with van der Waals surface area (Å²) in [6.45, 7) is 14.6. The third-order valence-electron chi connectivity index (χ3n) is 11.2. The highest BCUT2D eigenvalue weighted by molar-refractivity contribution is 7.44. The standard InChI is InChI=1S/C48H64N9O7P/c1-9-11-28-55(29-12-10-2)33-50-47-51-45-44(46(58)52-47)53-54-56(45)43-31-41(64-65(62-30-16-27-49)57(34(3)4)35(5)6)42(63-43)32-61-48(36-17-14-13-15-18-36,37-19-23-39(59-7)24-20-37)38-21-25-40(60-8)26-22-38/h13-15,17-26,33-35,41-43H,9-12,16,28-32H2,1-8H3,(H,51,52,58)/b50-33+/t41-,42+,43+,65?/m0/s1. The molecular formula is C48H64N9O7P. The van der Waals surface area contributed by atoms with Crippen LogP contribution in [0.5, 0.6) is 11.5 Å². The molecule has 1 aliphatic heterocycles. The molecule has 0 bridgehead atoms. The van der Waals surface area contributed by atoms with Gasteiger partial charge in [0, 0.05) is 31.6 Å². The van der Waals surface area contributed by atoms with Crippen molar-refractivity contribution < 1.29 is 28.0 Å². The number of aromatic nitrogens is 5. The summed E-state index contributed by atoms with van der Waals surface area (Å²) in [4.78, 5) is 27.8. The Hall–Kier alpha value is -5.27. The minimum atomic E-state index is -1.70. The van der Waals surface area contributed by atoms with Gasteiger partial charge in [0.25, 0.3) is 14.1 Å². The van der Waals surface area contributed by atoms with Gasteiger partial charge in [-0.05, 0) is 81.5 Å². The summed E-state index contributed by atoms with van der Waals surface area (Å²) in [5.41, 5.74) is 1.29. The SMILES string of the molecule is CCCCN(/C=N/c1nc2c(nnn2[C@H]2C[C@H](OP(OCCC#N)N(C(C)C)C(C)C)[C@@H](COC(c3ccccc3)(c3ccc(OC)cc3)c3ccc(OC)cc3)O2)c(=O)[nH]1)CCCC. The number of ether oxygens (including phenoxy) is 4. The second-order valence-electron chi connectivity index (χ2n) is 16.5. The van der Waals surface area contributed by atoms with Gasteiger partial charge in [0.15, 0.2) is 17.4 Å². The molecule has 1 saturated heterocycles. The molecular weight excluding hydrogens is 846 g/mol. The summed E-state index contributed by atoms with van der Waals surface area (Å²) >= 11 is 0. The molecule has 0 aliphatic carbocycles. The van der Waals surface area contributed by atoms with Gasteiger partial charge < -0.3 is 32.9 Å². The van der Waals surface area contributed by atoms with Crippen LogP contribution in [0.2, 0.25) is 0 Å². The van der Waals surface area contributed by atoms with Crippen LogP contribution in [0.1, 0.15) is 103 Å². The van der Waals surface area contributed by atoms with E-state index in [-0.39, 0.29) is 55.3 Å². The number of aromatic amines is 1. The first kappa shape index (κ1) is 49.2. The number of methoxy groups -OCH3 is 2. The van der Waals surface area contributed by atoms with Crippen LogP contribution >= 0.6 is 8.53 Å². The fourth-order valence-corrected chi connectivity index (χ4v) is 9.73. The third-order valence-corrected chi connectivity index (χ3v) is 13.4. The van der Waals surface area contributed by atoms with Gasteiger partial charge in [0.05, 0.1) is 52.4 Å². The molecule has 65 heavy (non-hydrogen) atoms. The number of fused-ring (bicyclic) bond motifs is 1. The molecule has 1 fully saturated rings. The number of unbranched alkanes of at least 4 members (excludes halogenated alkanes) is 2. The molecule has 348 valence electrons. The first-order valence-electron chi connectivity index (χ1n) is 22.6. The maximum Gasteiger partial charge on any atom is 0.282 e. The van der Waals surface area contributed by atoms with Gasteiger partial charge in [-0.25, -0.2) is 9.66 Å². The van der Waals surface area contributed by atoms with Crippen LogP contribution in [0.25, 0.3) is 11.2 Å². The Morgan fingerprint density at radius 3 is 2.09 bits per heavy atom. The smallest absolute Gasteiger partial charge is 0.282 e. The Labute approximate surface area is 383 Å². The number of nitriles is 1. The van der Waals surface area contributed by atoms with Gasteiger partial charge >= 0.3 is 0 Å². The fourth-order valence-electron chi connectivity index (χ4n) is 7.97. The highest BCUT2D eigenvalue weighted by Gasteiger charge is 2.45. The number of hydrogen-bond acceptors (Lipinski definition) is 13. The molecule has 5 aromatic rings. The average Bonchev–Trinajstić information content (AvgIpc) is 3.93. The van der Waals surface area contributed by atoms with Gasteiger partial charge in [-0.3, -0.25) is 9.78 Å². The maximum atomic E-state index is 13.5. The Kier molecular flexibility index (Phi) is 18.0. The molecule has 3 aromatic carbocycles. The summed E-state index contributed by atoms with van der Waals surface area (Å²) in [6, 6.07) is 28.0. The predicted molar refractivity (Wildman–Crippen MR) is 252 cm³/mol. The highest BCUT2D eigenvalue weighted by atomic mass is 31.2. The van der Waals surface area contributed by atoms with Gasteiger partial charge in [0.2, 0.25) is 5.95 Å². The van der Waals surface area contributed by atoms with E-state index in [0.29, 0.717) is 11.5 Å². The number of nitrogens with zero attached hydrogens (tertiary/aromatic N) is 8. The van der Waals surface area contributed by atoms with Gasteiger partial charge in [0.1, 0.15) is 23.2 Å². The largest absolute Gasteiger partial charge is 0.497 e. The molecule has 1 N–H and O–H groups in total. The lowest BCUT2D eigenvalue weighted by Gasteiger charge is -2.39. The van der Waals surface area contributed by atoms with Crippen molar-refractivity contribution in [1.82, 2.24) is 34.5 Å². The molecule has 6 rings (SSSR count). The summed E-state index contributed by atoms with van der Waals surface area (Å²) in [5, 5.41) is 18.2. The van der Waals surface area contributed by atoms with Crippen LogP contribution in [-0.2, 0) is 24.1 Å². The van der Waals surface area contributed by atoms with Gasteiger partial charge in [-0.1, -0.05) is 86.5 Å². The first-order valence-corrected chi connectivity index (χ1v) is 23.7. The van der Waals surface area contributed by atoms with Crippen molar-refractivity contribution in [2.75, 3.05) is 40.5 Å². The Morgan fingerprint density at radius 1 is 0.938 bits per heavy atom. The number of aliphatic imine (C=N–C) groups is 1. The van der Waals surface area contributed by atoms with E-state index in [1.165, 1.54) is 4.68 Å². The number of hydrogen-bond donors (Lipinski definition) is 1. The van der Waals surface area contributed by atoms with E-state index < -0.39 is 38.1 Å². The van der Waals surface area contributed by atoms with Crippen LogP contribution < -0.4 is 15.0 Å².